The number of hydrogen-bond donors (Lipinski definition) is 12. The minimum Gasteiger partial charge on any atom is -0.508 e. The summed E-state index contributed by atoms with van der Waals surface area (Å²) in [5, 5.41) is 125. The smallest absolute Gasteiger partial charge is 0.239 e. The van der Waals surface area contributed by atoms with Crippen molar-refractivity contribution in [1.82, 2.24) is 0 Å². The molecule has 53 heavy (non-hydrogen) atoms. The van der Waals surface area contributed by atoms with Crippen LogP contribution in [0.1, 0.15) is 13.8 Å². The Bertz CT molecular complexity index is 1830. The highest BCUT2D eigenvalue weighted by atomic mass is 16.8. The van der Waals surface area contributed by atoms with Gasteiger partial charge in [-0.25, -0.2) is 0 Å². The van der Waals surface area contributed by atoms with Gasteiger partial charge in [-0.15, -0.1) is 0 Å². The third-order valence-corrected chi connectivity index (χ3v) is 9.37. The van der Waals surface area contributed by atoms with Crippen LogP contribution in [0.5, 0.6) is 28.7 Å². The van der Waals surface area contributed by atoms with E-state index < -0.39 is 144 Å². The Morgan fingerprint density at radius 1 is 0.642 bits per heavy atom. The molecule has 3 saturated heterocycles. The van der Waals surface area contributed by atoms with E-state index in [0.717, 1.165) is 24.3 Å². The SMILES string of the molecule is C[C@@H]1O[C@@H](O[C@H]2[C@@H](Oc3c(-c4ccc(O)c(O)c4)oc4cc(O)cc(O)c4c3=O)O[C@H](CO[C@H]3O[C@@H](C)[C@H](O)[C@@H](O)[C@H]3O)[C@H](O)[C@H]2O)[C@H](O)[C@H](O)[C@H]1O. The molecule has 3 aromatic rings. The van der Waals surface area contributed by atoms with Gasteiger partial charge in [-0.3, -0.25) is 4.79 Å². The molecule has 1 aromatic heterocycles. The summed E-state index contributed by atoms with van der Waals surface area (Å²) in [6.07, 6.45) is -25.1. The van der Waals surface area contributed by atoms with E-state index >= 15 is 0 Å². The lowest BCUT2D eigenvalue weighted by Crippen LogP contribution is -2.65. The molecule has 12 N–H and O–H groups in total. The van der Waals surface area contributed by atoms with E-state index in [0.29, 0.717) is 0 Å². The molecule has 20 nitrogen and oxygen atoms in total. The number of rotatable bonds is 8. The van der Waals surface area contributed by atoms with Crippen LogP contribution in [0.3, 0.4) is 0 Å². The van der Waals surface area contributed by atoms with Crippen LogP contribution in [-0.2, 0) is 23.7 Å². The molecule has 0 bridgehead atoms. The van der Waals surface area contributed by atoms with Gasteiger partial charge >= 0.3 is 0 Å². The Hall–Kier alpha value is -3.87. The fourth-order valence-corrected chi connectivity index (χ4v) is 6.25. The predicted octanol–water partition coefficient (Wildman–Crippen LogP) is -2.84. The van der Waals surface area contributed by atoms with Crippen molar-refractivity contribution in [2.75, 3.05) is 6.61 Å². The van der Waals surface area contributed by atoms with Crippen LogP contribution in [0.2, 0.25) is 0 Å². The van der Waals surface area contributed by atoms with E-state index in [1.807, 2.05) is 0 Å². The van der Waals surface area contributed by atoms with Crippen LogP contribution in [0, 0.1) is 0 Å². The normalized spacial score (nSPS) is 37.8. The molecular formula is C33H40O20. The van der Waals surface area contributed by atoms with E-state index in [-0.39, 0.29) is 11.1 Å². The highest BCUT2D eigenvalue weighted by Crippen LogP contribution is 2.40. The number of aliphatic hydroxyl groups is 8. The number of phenols is 4. The second-order valence-corrected chi connectivity index (χ2v) is 13.1. The quantitative estimate of drug-likeness (QED) is 0.103. The summed E-state index contributed by atoms with van der Waals surface area (Å²) in [5.74, 6) is -3.68. The molecule has 4 heterocycles. The Morgan fingerprint density at radius 3 is 1.91 bits per heavy atom. The molecule has 0 spiro atoms. The first-order valence-electron chi connectivity index (χ1n) is 16.4. The van der Waals surface area contributed by atoms with E-state index in [2.05, 4.69) is 0 Å². The maximum atomic E-state index is 14.0. The number of aliphatic hydroxyl groups excluding tert-OH is 8. The Kier molecular flexibility index (Phi) is 11.1. The molecule has 15 atom stereocenters. The molecular weight excluding hydrogens is 716 g/mol. The number of benzene rings is 2. The Labute approximate surface area is 298 Å². The molecule has 3 aliphatic rings. The predicted molar refractivity (Wildman–Crippen MR) is 171 cm³/mol. The summed E-state index contributed by atoms with van der Waals surface area (Å²) in [6, 6.07) is 5.09. The first-order chi connectivity index (χ1) is 25.0. The van der Waals surface area contributed by atoms with Gasteiger partial charge in [-0.05, 0) is 32.0 Å². The van der Waals surface area contributed by atoms with Gasteiger partial charge in [0.25, 0.3) is 0 Å². The second kappa shape index (κ2) is 15.1. The first kappa shape index (κ1) is 38.8. The lowest BCUT2D eigenvalue weighted by molar-refractivity contribution is -0.360. The van der Waals surface area contributed by atoms with Crippen LogP contribution in [0.15, 0.2) is 39.5 Å². The molecule has 0 radical (unpaired) electrons. The van der Waals surface area contributed by atoms with Crippen LogP contribution in [-0.4, -0.2) is 160 Å². The van der Waals surface area contributed by atoms with Gasteiger partial charge in [0, 0.05) is 17.7 Å². The zero-order chi connectivity index (χ0) is 38.6. The summed E-state index contributed by atoms with van der Waals surface area (Å²) in [7, 11) is 0. The highest BCUT2D eigenvalue weighted by molar-refractivity contribution is 5.88. The Morgan fingerprint density at radius 2 is 1.26 bits per heavy atom. The standard InChI is InChI=1S/C33H40O20/c1-9-19(38)23(42)26(45)31(48-9)47-8-17-21(40)25(44)30(53-32-27(46)24(43)20(39)10(2)49-32)33(51-17)52-29-22(41)18-15(37)6-12(34)7-16(18)50-28(29)11-3-4-13(35)14(36)5-11/h3-7,9-10,17,19-21,23-27,30-40,42-46H,8H2,1-2H3/t9-,10-,17+,19-,20-,21-,23+,24+,25+,26+,27+,30+,31-,32-,33+/m0/s1. The number of fused-ring (bicyclic) bond motifs is 1. The van der Waals surface area contributed by atoms with Gasteiger partial charge in [0.2, 0.25) is 17.5 Å². The fraction of sp³-hybridized carbons (Fsp3) is 0.545. The molecule has 3 aliphatic heterocycles. The van der Waals surface area contributed by atoms with Gasteiger partial charge in [0.1, 0.15) is 77.4 Å². The van der Waals surface area contributed by atoms with Crippen LogP contribution < -0.4 is 10.2 Å². The van der Waals surface area contributed by atoms with Crippen LogP contribution in [0.25, 0.3) is 22.3 Å². The molecule has 2 aromatic carbocycles. The lowest BCUT2D eigenvalue weighted by atomic mass is 9.97. The van der Waals surface area contributed by atoms with E-state index in [4.69, 9.17) is 32.8 Å². The number of phenolic OH excluding ortho intramolecular Hbond substituents is 4. The van der Waals surface area contributed by atoms with Crippen LogP contribution in [0.4, 0.5) is 0 Å². The largest absolute Gasteiger partial charge is 0.508 e. The van der Waals surface area contributed by atoms with Gasteiger partial charge in [-0.1, -0.05) is 0 Å². The third-order valence-electron chi connectivity index (χ3n) is 9.37. The summed E-state index contributed by atoms with van der Waals surface area (Å²) < 4.78 is 40.1. The van der Waals surface area contributed by atoms with Crippen molar-refractivity contribution in [3.05, 3.63) is 40.6 Å². The maximum Gasteiger partial charge on any atom is 0.239 e. The second-order valence-electron chi connectivity index (χ2n) is 13.1. The number of aromatic hydroxyl groups is 4. The van der Waals surface area contributed by atoms with Gasteiger partial charge in [-0.2, -0.15) is 0 Å². The van der Waals surface area contributed by atoms with E-state index in [1.165, 1.54) is 19.9 Å². The molecule has 0 saturated carbocycles. The van der Waals surface area contributed by atoms with Gasteiger partial charge in [0.15, 0.2) is 35.9 Å². The van der Waals surface area contributed by atoms with Gasteiger partial charge < -0.3 is 94.1 Å². The van der Waals surface area contributed by atoms with E-state index in [9.17, 15) is 66.1 Å². The monoisotopic (exact) mass is 756 g/mol. The molecule has 6 rings (SSSR count). The molecule has 292 valence electrons. The molecule has 0 unspecified atom stereocenters. The first-order valence-corrected chi connectivity index (χ1v) is 16.4. The number of ether oxygens (including phenoxy) is 6. The van der Waals surface area contributed by atoms with Crippen molar-refractivity contribution in [2.24, 2.45) is 0 Å². The average Bonchev–Trinajstić information content (AvgIpc) is 3.11. The molecule has 3 fully saturated rings. The minimum absolute atomic E-state index is 0.0962. The topological polar surface area (TPSA) is 328 Å². The van der Waals surface area contributed by atoms with Crippen molar-refractivity contribution in [3.8, 4) is 40.1 Å². The zero-order valence-electron chi connectivity index (χ0n) is 27.9. The van der Waals surface area contributed by atoms with Crippen molar-refractivity contribution in [1.29, 1.82) is 0 Å². The maximum absolute atomic E-state index is 14.0. The van der Waals surface area contributed by atoms with Gasteiger partial charge in [0.05, 0.1) is 18.8 Å². The molecule has 20 heteroatoms. The minimum atomic E-state index is -2.04. The summed E-state index contributed by atoms with van der Waals surface area (Å²) >= 11 is 0. The van der Waals surface area contributed by atoms with Crippen molar-refractivity contribution in [2.45, 2.75) is 106 Å². The van der Waals surface area contributed by atoms with Crippen LogP contribution >= 0.6 is 0 Å². The van der Waals surface area contributed by atoms with Crippen molar-refractivity contribution >= 4 is 11.0 Å². The van der Waals surface area contributed by atoms with Crippen molar-refractivity contribution in [3.63, 3.8) is 0 Å². The molecule has 0 amide bonds. The summed E-state index contributed by atoms with van der Waals surface area (Å²) in [5.41, 5.74) is -1.54. The lowest BCUT2D eigenvalue weighted by Gasteiger charge is -2.46. The average molecular weight is 757 g/mol. The zero-order valence-corrected chi connectivity index (χ0v) is 27.9. The third kappa shape index (κ3) is 7.34. The summed E-state index contributed by atoms with van der Waals surface area (Å²) in [6.45, 7) is 2.05. The van der Waals surface area contributed by atoms with E-state index in [1.54, 1.807) is 0 Å². The number of hydrogen-bond acceptors (Lipinski definition) is 20. The molecule has 0 aliphatic carbocycles. The Balaban J connectivity index is 1.40. The fourth-order valence-electron chi connectivity index (χ4n) is 6.25. The summed E-state index contributed by atoms with van der Waals surface area (Å²) in [4.78, 5) is 14.0. The highest BCUT2D eigenvalue weighted by Gasteiger charge is 2.52. The van der Waals surface area contributed by atoms with Crippen molar-refractivity contribution < 1.29 is 94.1 Å².